The molecule has 16 heavy (non-hydrogen) atoms. The van der Waals surface area contributed by atoms with Crippen molar-refractivity contribution in [2.75, 3.05) is 12.3 Å². The van der Waals surface area contributed by atoms with E-state index >= 15 is 0 Å². The fraction of sp³-hybridized carbons (Fsp3) is 0.600. The second-order valence-electron chi connectivity index (χ2n) is 4.00. The van der Waals surface area contributed by atoms with E-state index < -0.39 is 10.0 Å². The van der Waals surface area contributed by atoms with Gasteiger partial charge in [-0.15, -0.1) is 0 Å². The van der Waals surface area contributed by atoms with Crippen molar-refractivity contribution >= 4 is 10.0 Å². The molecule has 1 saturated carbocycles. The molecular formula is C10H16N2O3S. The molecule has 6 heteroatoms. The van der Waals surface area contributed by atoms with Crippen LogP contribution in [-0.4, -0.2) is 26.8 Å². The minimum Gasteiger partial charge on any atom is -0.472 e. The van der Waals surface area contributed by atoms with Gasteiger partial charge in [0.25, 0.3) is 0 Å². The predicted octanol–water partition coefficient (Wildman–Crippen LogP) is 0.451. The lowest BCUT2D eigenvalue weighted by molar-refractivity contribution is 0.560. The monoisotopic (exact) mass is 244 g/mol. The van der Waals surface area contributed by atoms with Crippen molar-refractivity contribution in [1.29, 1.82) is 0 Å². The van der Waals surface area contributed by atoms with Gasteiger partial charge in [-0.05, 0) is 18.9 Å². The van der Waals surface area contributed by atoms with Crippen LogP contribution in [0, 0.1) is 0 Å². The van der Waals surface area contributed by atoms with Crippen LogP contribution < -0.4 is 10.0 Å². The average molecular weight is 244 g/mol. The Bertz CT molecular complexity index is 409. The Morgan fingerprint density at radius 1 is 1.44 bits per heavy atom. The first kappa shape index (κ1) is 11.6. The summed E-state index contributed by atoms with van der Waals surface area (Å²) in [7, 11) is -3.18. The molecule has 1 aromatic rings. The van der Waals surface area contributed by atoms with Crippen LogP contribution in [0.4, 0.5) is 0 Å². The molecule has 0 aliphatic heterocycles. The van der Waals surface area contributed by atoms with E-state index in [9.17, 15) is 8.42 Å². The van der Waals surface area contributed by atoms with E-state index in [2.05, 4.69) is 10.0 Å². The van der Waals surface area contributed by atoms with Crippen molar-refractivity contribution in [3.63, 3.8) is 0 Å². The van der Waals surface area contributed by atoms with E-state index in [4.69, 9.17) is 4.42 Å². The lowest BCUT2D eigenvalue weighted by Crippen LogP contribution is -2.32. The molecule has 1 aliphatic rings. The Morgan fingerprint density at radius 2 is 2.25 bits per heavy atom. The second kappa shape index (κ2) is 4.99. The van der Waals surface area contributed by atoms with Crippen LogP contribution in [0.5, 0.6) is 0 Å². The minimum atomic E-state index is -3.18. The third-order valence-electron chi connectivity index (χ3n) is 2.46. The number of sulfonamides is 1. The molecule has 2 rings (SSSR count). The predicted molar refractivity (Wildman–Crippen MR) is 60.4 cm³/mol. The summed E-state index contributed by atoms with van der Waals surface area (Å²) in [5, 5.41) is 3.17. The number of rotatable bonds is 7. The molecule has 1 fully saturated rings. The van der Waals surface area contributed by atoms with Crippen molar-refractivity contribution in [3.05, 3.63) is 24.2 Å². The summed E-state index contributed by atoms with van der Waals surface area (Å²) in [6.07, 6.45) is 5.40. The lowest BCUT2D eigenvalue weighted by Gasteiger charge is -2.05. The van der Waals surface area contributed by atoms with Crippen LogP contribution in [-0.2, 0) is 16.6 Å². The SMILES string of the molecule is O=S(=O)(CCNC1CC1)NCc1ccoc1. The van der Waals surface area contributed by atoms with Crippen LogP contribution in [0.1, 0.15) is 18.4 Å². The summed E-state index contributed by atoms with van der Waals surface area (Å²) >= 11 is 0. The van der Waals surface area contributed by atoms with Crippen LogP contribution in [0.2, 0.25) is 0 Å². The highest BCUT2D eigenvalue weighted by Crippen LogP contribution is 2.17. The molecule has 1 aliphatic carbocycles. The highest BCUT2D eigenvalue weighted by Gasteiger charge is 2.21. The minimum absolute atomic E-state index is 0.126. The number of hydrogen-bond donors (Lipinski definition) is 2. The fourth-order valence-electron chi connectivity index (χ4n) is 1.34. The van der Waals surface area contributed by atoms with E-state index in [1.165, 1.54) is 25.4 Å². The molecule has 0 saturated heterocycles. The first-order valence-corrected chi connectivity index (χ1v) is 7.03. The first-order chi connectivity index (χ1) is 7.66. The Balaban J connectivity index is 1.69. The fourth-order valence-corrected chi connectivity index (χ4v) is 2.26. The van der Waals surface area contributed by atoms with Gasteiger partial charge in [-0.1, -0.05) is 0 Å². The molecule has 2 N–H and O–H groups in total. The molecule has 0 atom stereocenters. The smallest absolute Gasteiger partial charge is 0.213 e. The average Bonchev–Trinajstić information content (AvgIpc) is 2.91. The zero-order valence-corrected chi connectivity index (χ0v) is 9.79. The van der Waals surface area contributed by atoms with Gasteiger partial charge in [0.1, 0.15) is 0 Å². The Morgan fingerprint density at radius 3 is 2.88 bits per heavy atom. The second-order valence-corrected chi connectivity index (χ2v) is 5.93. The summed E-state index contributed by atoms with van der Waals surface area (Å²) in [5.74, 6) is 0.126. The maximum atomic E-state index is 11.5. The van der Waals surface area contributed by atoms with Crippen molar-refractivity contribution in [2.24, 2.45) is 0 Å². The van der Waals surface area contributed by atoms with E-state index in [-0.39, 0.29) is 5.75 Å². The zero-order chi connectivity index (χ0) is 11.4. The Labute approximate surface area is 95.3 Å². The van der Waals surface area contributed by atoms with Gasteiger partial charge in [-0.3, -0.25) is 0 Å². The standard InChI is InChI=1S/C10H16N2O3S/c13-16(14,6-4-11-10-1-2-10)12-7-9-3-5-15-8-9/h3,5,8,10-12H,1-2,4,6-7H2. The van der Waals surface area contributed by atoms with Crippen molar-refractivity contribution in [2.45, 2.75) is 25.4 Å². The van der Waals surface area contributed by atoms with Crippen LogP contribution in [0.15, 0.2) is 23.0 Å². The summed E-state index contributed by atoms with van der Waals surface area (Å²) < 4.78 is 30.5. The highest BCUT2D eigenvalue weighted by atomic mass is 32.2. The molecule has 90 valence electrons. The number of nitrogens with one attached hydrogen (secondary N) is 2. The van der Waals surface area contributed by atoms with E-state index in [0.717, 1.165) is 5.56 Å². The summed E-state index contributed by atoms with van der Waals surface area (Å²) in [5.41, 5.74) is 0.832. The van der Waals surface area contributed by atoms with Gasteiger partial charge in [-0.2, -0.15) is 0 Å². The molecule has 0 bridgehead atoms. The zero-order valence-electron chi connectivity index (χ0n) is 8.98. The molecule has 0 spiro atoms. The molecule has 0 unspecified atom stereocenters. The summed E-state index contributed by atoms with van der Waals surface area (Å²) in [4.78, 5) is 0. The molecular weight excluding hydrogens is 228 g/mol. The number of hydrogen-bond acceptors (Lipinski definition) is 4. The van der Waals surface area contributed by atoms with E-state index in [1.54, 1.807) is 6.07 Å². The number of furan rings is 1. The van der Waals surface area contributed by atoms with Crippen LogP contribution in [0.3, 0.4) is 0 Å². The third kappa shape index (κ3) is 3.96. The molecule has 5 nitrogen and oxygen atoms in total. The lowest BCUT2D eigenvalue weighted by atomic mass is 10.4. The third-order valence-corrected chi connectivity index (χ3v) is 3.78. The maximum Gasteiger partial charge on any atom is 0.213 e. The maximum absolute atomic E-state index is 11.5. The van der Waals surface area contributed by atoms with Gasteiger partial charge < -0.3 is 9.73 Å². The van der Waals surface area contributed by atoms with Gasteiger partial charge >= 0.3 is 0 Å². The van der Waals surface area contributed by atoms with Gasteiger partial charge in [0.05, 0.1) is 18.3 Å². The van der Waals surface area contributed by atoms with Gasteiger partial charge in [0.15, 0.2) is 0 Å². The van der Waals surface area contributed by atoms with Gasteiger partial charge in [0.2, 0.25) is 10.0 Å². The van der Waals surface area contributed by atoms with Crippen LogP contribution in [0.25, 0.3) is 0 Å². The summed E-state index contributed by atoms with van der Waals surface area (Å²) in [6, 6.07) is 2.29. The molecule has 1 heterocycles. The van der Waals surface area contributed by atoms with Crippen LogP contribution >= 0.6 is 0 Å². The van der Waals surface area contributed by atoms with Gasteiger partial charge in [-0.25, -0.2) is 13.1 Å². The van der Waals surface area contributed by atoms with E-state index in [0.29, 0.717) is 19.1 Å². The topological polar surface area (TPSA) is 71.3 Å². The highest BCUT2D eigenvalue weighted by molar-refractivity contribution is 7.89. The van der Waals surface area contributed by atoms with E-state index in [1.807, 2.05) is 0 Å². The molecule has 0 radical (unpaired) electrons. The first-order valence-electron chi connectivity index (χ1n) is 5.37. The summed E-state index contributed by atoms with van der Waals surface area (Å²) in [6.45, 7) is 0.813. The Kier molecular flexibility index (Phi) is 3.63. The van der Waals surface area contributed by atoms with Crippen molar-refractivity contribution < 1.29 is 12.8 Å². The molecule has 0 amide bonds. The normalized spacial score (nSPS) is 16.5. The molecule has 0 aromatic carbocycles. The quantitative estimate of drug-likeness (QED) is 0.730. The van der Waals surface area contributed by atoms with Crippen molar-refractivity contribution in [3.8, 4) is 0 Å². The Hall–Kier alpha value is -0.850. The van der Waals surface area contributed by atoms with Gasteiger partial charge in [0, 0.05) is 24.7 Å². The molecule has 1 aromatic heterocycles. The largest absolute Gasteiger partial charge is 0.472 e. The van der Waals surface area contributed by atoms with Crippen molar-refractivity contribution in [1.82, 2.24) is 10.0 Å².